The van der Waals surface area contributed by atoms with Crippen LogP contribution in [0.3, 0.4) is 0 Å². The molecule has 0 fully saturated rings. The number of imidazole rings is 1. The molecule has 7 nitrogen and oxygen atoms in total. The zero-order chi connectivity index (χ0) is 17.2. The summed E-state index contributed by atoms with van der Waals surface area (Å²) in [6.45, 7) is 4.21. The summed E-state index contributed by atoms with van der Waals surface area (Å²) < 4.78 is 25.2. The van der Waals surface area contributed by atoms with E-state index in [-0.39, 0.29) is 29.2 Å². The van der Waals surface area contributed by atoms with Crippen molar-refractivity contribution in [3.8, 4) is 6.07 Å². The molecule has 8 heteroatoms. The number of nitriles is 1. The molecule has 0 spiro atoms. The van der Waals surface area contributed by atoms with Gasteiger partial charge in [0.25, 0.3) is 5.91 Å². The number of pyridine rings is 1. The molecule has 0 aromatic carbocycles. The lowest BCUT2D eigenvalue weighted by atomic mass is 10.2. The average Bonchev–Trinajstić information content (AvgIpc) is 2.91. The third-order valence-corrected chi connectivity index (χ3v) is 4.39. The van der Waals surface area contributed by atoms with E-state index in [2.05, 4.69) is 11.1 Å². The Morgan fingerprint density at radius 3 is 2.74 bits per heavy atom. The second-order valence-electron chi connectivity index (χ2n) is 5.34. The number of fused-ring (bicyclic) bond motifs is 1. The van der Waals surface area contributed by atoms with Crippen LogP contribution in [0.5, 0.6) is 0 Å². The van der Waals surface area contributed by atoms with Crippen molar-refractivity contribution in [2.75, 3.05) is 19.3 Å². The van der Waals surface area contributed by atoms with E-state index in [0.717, 1.165) is 6.26 Å². The van der Waals surface area contributed by atoms with Crippen molar-refractivity contribution in [1.29, 1.82) is 5.26 Å². The Bertz CT molecular complexity index is 880. The lowest BCUT2D eigenvalue weighted by Crippen LogP contribution is -2.34. The number of nitrogens with zero attached hydrogens (tertiary/aromatic N) is 4. The van der Waals surface area contributed by atoms with Gasteiger partial charge in [-0.05, 0) is 26.0 Å². The number of rotatable bonds is 5. The third kappa shape index (κ3) is 3.35. The van der Waals surface area contributed by atoms with Crippen LogP contribution in [0.15, 0.2) is 29.6 Å². The standard InChI is InChI=1S/C15H18N4O3S/c1-4-18(10-11(2)9-16)14(20)13-12-7-5-6-8-19(12)15(17-13)23(3,21)22/h5-8,11H,4,10H2,1-3H3/t11-/m0/s1. The van der Waals surface area contributed by atoms with Gasteiger partial charge in [0, 0.05) is 25.5 Å². The number of hydrogen-bond acceptors (Lipinski definition) is 5. The number of sulfone groups is 1. The molecule has 0 radical (unpaired) electrons. The second-order valence-corrected chi connectivity index (χ2v) is 7.25. The van der Waals surface area contributed by atoms with Crippen LogP contribution in [-0.2, 0) is 9.84 Å². The second kappa shape index (κ2) is 6.38. The third-order valence-electron chi connectivity index (χ3n) is 3.43. The van der Waals surface area contributed by atoms with E-state index in [1.165, 1.54) is 9.30 Å². The monoisotopic (exact) mass is 334 g/mol. The molecule has 2 aromatic heterocycles. The van der Waals surface area contributed by atoms with E-state index >= 15 is 0 Å². The van der Waals surface area contributed by atoms with Crippen LogP contribution in [0.4, 0.5) is 0 Å². The van der Waals surface area contributed by atoms with E-state index in [4.69, 9.17) is 5.26 Å². The molecular weight excluding hydrogens is 316 g/mol. The fourth-order valence-corrected chi connectivity index (χ4v) is 3.08. The summed E-state index contributed by atoms with van der Waals surface area (Å²) in [4.78, 5) is 18.3. The van der Waals surface area contributed by atoms with Gasteiger partial charge in [-0.3, -0.25) is 9.20 Å². The summed E-state index contributed by atoms with van der Waals surface area (Å²) in [5.41, 5.74) is 0.513. The van der Waals surface area contributed by atoms with Crippen molar-refractivity contribution < 1.29 is 13.2 Å². The topological polar surface area (TPSA) is 95.5 Å². The molecule has 0 saturated heterocycles. The van der Waals surface area contributed by atoms with E-state index in [9.17, 15) is 13.2 Å². The maximum Gasteiger partial charge on any atom is 0.274 e. The van der Waals surface area contributed by atoms with Crippen LogP contribution in [0.2, 0.25) is 0 Å². The molecule has 23 heavy (non-hydrogen) atoms. The minimum atomic E-state index is -3.57. The van der Waals surface area contributed by atoms with E-state index in [1.807, 2.05) is 0 Å². The van der Waals surface area contributed by atoms with Crippen LogP contribution < -0.4 is 0 Å². The Morgan fingerprint density at radius 2 is 2.17 bits per heavy atom. The fraction of sp³-hybridized carbons (Fsp3) is 0.400. The molecule has 0 unspecified atom stereocenters. The fourth-order valence-electron chi connectivity index (χ4n) is 2.31. The van der Waals surface area contributed by atoms with Gasteiger partial charge in [-0.15, -0.1) is 0 Å². The summed E-state index contributed by atoms with van der Waals surface area (Å²) in [6, 6.07) is 7.13. The summed E-state index contributed by atoms with van der Waals surface area (Å²) in [7, 11) is -3.57. The first-order valence-corrected chi connectivity index (χ1v) is 9.04. The molecule has 0 N–H and O–H groups in total. The molecule has 1 amide bonds. The molecule has 0 aliphatic carbocycles. The largest absolute Gasteiger partial charge is 0.336 e. The summed E-state index contributed by atoms with van der Waals surface area (Å²) >= 11 is 0. The molecule has 1 atom stereocenters. The normalized spacial score (nSPS) is 12.8. The quantitative estimate of drug-likeness (QED) is 0.822. The smallest absolute Gasteiger partial charge is 0.274 e. The van der Waals surface area contributed by atoms with Crippen molar-refractivity contribution >= 4 is 21.3 Å². The Hall–Kier alpha value is -2.40. The Kier molecular flexibility index (Phi) is 4.71. The van der Waals surface area contributed by atoms with Gasteiger partial charge in [0.1, 0.15) is 0 Å². The molecule has 122 valence electrons. The maximum absolute atomic E-state index is 12.7. The molecule has 2 rings (SSSR count). The van der Waals surface area contributed by atoms with Crippen molar-refractivity contribution in [2.45, 2.75) is 19.0 Å². The number of aromatic nitrogens is 2. The molecule has 2 aromatic rings. The molecular formula is C15H18N4O3S. The van der Waals surface area contributed by atoms with Gasteiger partial charge in [0.05, 0.1) is 17.5 Å². The highest BCUT2D eigenvalue weighted by Gasteiger charge is 2.26. The SMILES string of the molecule is CCN(C[C@@H](C)C#N)C(=O)c1nc(S(C)(=O)=O)n2ccccc12. The van der Waals surface area contributed by atoms with Gasteiger partial charge in [0.2, 0.25) is 15.0 Å². The highest BCUT2D eigenvalue weighted by molar-refractivity contribution is 7.90. The van der Waals surface area contributed by atoms with E-state index in [0.29, 0.717) is 12.1 Å². The van der Waals surface area contributed by atoms with Gasteiger partial charge >= 0.3 is 0 Å². The summed E-state index contributed by atoms with van der Waals surface area (Å²) in [6.07, 6.45) is 2.61. The number of amides is 1. The Labute approximate surface area is 135 Å². The molecule has 0 bridgehead atoms. The molecule has 0 aliphatic heterocycles. The Balaban J connectivity index is 2.55. The lowest BCUT2D eigenvalue weighted by Gasteiger charge is -2.21. The van der Waals surface area contributed by atoms with Crippen molar-refractivity contribution in [2.24, 2.45) is 5.92 Å². The predicted molar refractivity (Wildman–Crippen MR) is 84.7 cm³/mol. The summed E-state index contributed by atoms with van der Waals surface area (Å²) in [5, 5.41) is 8.76. The van der Waals surface area contributed by atoms with Crippen LogP contribution >= 0.6 is 0 Å². The van der Waals surface area contributed by atoms with Gasteiger partial charge < -0.3 is 4.90 Å². The number of carbonyl (C=O) groups is 1. The zero-order valence-corrected chi connectivity index (χ0v) is 14.0. The first-order valence-electron chi connectivity index (χ1n) is 7.15. The molecule has 0 aliphatic rings. The summed E-state index contributed by atoms with van der Waals surface area (Å²) in [5.74, 6) is -0.699. The van der Waals surface area contributed by atoms with Gasteiger partial charge in [-0.2, -0.15) is 5.26 Å². The lowest BCUT2D eigenvalue weighted by molar-refractivity contribution is 0.0749. The minimum absolute atomic E-state index is 0.0815. The van der Waals surface area contributed by atoms with Gasteiger partial charge in [-0.1, -0.05) is 6.07 Å². The maximum atomic E-state index is 12.7. The first-order chi connectivity index (χ1) is 10.8. The highest BCUT2D eigenvalue weighted by atomic mass is 32.2. The van der Waals surface area contributed by atoms with Gasteiger partial charge in [0.15, 0.2) is 5.69 Å². The van der Waals surface area contributed by atoms with Crippen LogP contribution in [0, 0.1) is 17.2 Å². The number of hydrogen-bond donors (Lipinski definition) is 0. The highest BCUT2D eigenvalue weighted by Crippen LogP contribution is 2.19. The number of carbonyl (C=O) groups excluding carboxylic acids is 1. The Morgan fingerprint density at radius 1 is 1.48 bits per heavy atom. The van der Waals surface area contributed by atoms with Crippen molar-refractivity contribution in [3.05, 3.63) is 30.1 Å². The predicted octanol–water partition coefficient (Wildman–Crippen LogP) is 1.36. The minimum Gasteiger partial charge on any atom is -0.336 e. The molecule has 2 heterocycles. The van der Waals surface area contributed by atoms with Crippen molar-refractivity contribution in [3.63, 3.8) is 0 Å². The van der Waals surface area contributed by atoms with E-state index < -0.39 is 9.84 Å². The van der Waals surface area contributed by atoms with Crippen LogP contribution in [0.25, 0.3) is 5.52 Å². The van der Waals surface area contributed by atoms with Crippen LogP contribution in [-0.4, -0.2) is 48.0 Å². The van der Waals surface area contributed by atoms with E-state index in [1.54, 1.807) is 38.2 Å². The van der Waals surface area contributed by atoms with Crippen molar-refractivity contribution in [1.82, 2.24) is 14.3 Å². The average molecular weight is 334 g/mol. The zero-order valence-electron chi connectivity index (χ0n) is 13.2. The van der Waals surface area contributed by atoms with Crippen LogP contribution in [0.1, 0.15) is 24.3 Å². The molecule has 0 saturated carbocycles. The van der Waals surface area contributed by atoms with Gasteiger partial charge in [-0.25, -0.2) is 13.4 Å². The first kappa shape index (κ1) is 17.0.